The van der Waals surface area contributed by atoms with E-state index in [0.717, 1.165) is 32.2 Å². The molecule has 3 nitrogen and oxygen atoms in total. The van der Waals surface area contributed by atoms with Gasteiger partial charge in [-0.3, -0.25) is 10.1 Å². The van der Waals surface area contributed by atoms with Crippen molar-refractivity contribution in [2.75, 3.05) is 12.8 Å². The van der Waals surface area contributed by atoms with Gasteiger partial charge in [-0.05, 0) is 31.4 Å². The van der Waals surface area contributed by atoms with Crippen LogP contribution in [0.3, 0.4) is 0 Å². The number of rotatable bonds is 8. The summed E-state index contributed by atoms with van der Waals surface area (Å²) in [6.07, 6.45) is 6.62. The van der Waals surface area contributed by atoms with Crippen LogP contribution in [-0.2, 0) is 4.79 Å². The Kier molecular flexibility index (Phi) is 7.22. The highest BCUT2D eigenvalue weighted by Crippen LogP contribution is 2.21. The number of hydrogen-bond donors (Lipinski definition) is 1. The smallest absolute Gasteiger partial charge is 0.241 e. The predicted octanol–water partition coefficient (Wildman–Crippen LogP) is 3.10. The molecule has 19 heavy (non-hydrogen) atoms. The second-order valence-corrected chi connectivity index (χ2v) is 7.30. The molecule has 0 aromatic carbocycles. The topological polar surface area (TPSA) is 32.3 Å². The molecule has 1 aliphatic heterocycles. The number of thioether (sulfide) groups is 1. The summed E-state index contributed by atoms with van der Waals surface area (Å²) in [6.45, 7) is 9.68. The van der Waals surface area contributed by atoms with Gasteiger partial charge in [0.1, 0.15) is 0 Å². The average Bonchev–Trinajstić information content (AvgIpc) is 2.63. The van der Waals surface area contributed by atoms with E-state index >= 15 is 0 Å². The minimum Gasteiger partial charge on any atom is -0.326 e. The number of carbonyl (C=O) groups excluding carboxylic acids is 1. The minimum absolute atomic E-state index is 0.0427. The molecule has 0 saturated carbocycles. The van der Waals surface area contributed by atoms with Gasteiger partial charge in [-0.25, -0.2) is 0 Å². The summed E-state index contributed by atoms with van der Waals surface area (Å²) in [5.74, 6) is 0.884. The molecule has 0 aliphatic carbocycles. The Labute approximate surface area is 122 Å². The van der Waals surface area contributed by atoms with Crippen molar-refractivity contribution in [1.82, 2.24) is 10.2 Å². The van der Waals surface area contributed by atoms with Crippen LogP contribution in [0.25, 0.3) is 0 Å². The molecular formula is C15H30N2OS. The van der Waals surface area contributed by atoms with Gasteiger partial charge in [0.05, 0.1) is 12.2 Å². The molecule has 0 aromatic heterocycles. The summed E-state index contributed by atoms with van der Waals surface area (Å²) < 4.78 is 0. The second kappa shape index (κ2) is 8.15. The fourth-order valence-corrected chi connectivity index (χ4v) is 2.95. The van der Waals surface area contributed by atoms with E-state index in [1.54, 1.807) is 0 Å². The van der Waals surface area contributed by atoms with Crippen molar-refractivity contribution in [3.05, 3.63) is 0 Å². The maximum atomic E-state index is 12.5. The van der Waals surface area contributed by atoms with E-state index in [1.165, 1.54) is 0 Å². The monoisotopic (exact) mass is 286 g/mol. The van der Waals surface area contributed by atoms with Crippen molar-refractivity contribution in [2.24, 2.45) is 5.92 Å². The molecule has 1 rings (SSSR count). The molecule has 1 fully saturated rings. The van der Waals surface area contributed by atoms with Crippen LogP contribution in [0.1, 0.15) is 53.4 Å². The van der Waals surface area contributed by atoms with E-state index < -0.39 is 0 Å². The highest BCUT2D eigenvalue weighted by Gasteiger charge is 2.37. The van der Waals surface area contributed by atoms with Gasteiger partial charge in [-0.2, -0.15) is 11.8 Å². The van der Waals surface area contributed by atoms with Gasteiger partial charge < -0.3 is 4.90 Å². The minimum atomic E-state index is 0.0427. The summed E-state index contributed by atoms with van der Waals surface area (Å²) >= 11 is 1.88. The quantitative estimate of drug-likeness (QED) is 0.744. The molecule has 112 valence electrons. The van der Waals surface area contributed by atoms with Crippen LogP contribution >= 0.6 is 11.8 Å². The molecule has 1 saturated heterocycles. The number of hydrogen-bond acceptors (Lipinski definition) is 3. The summed E-state index contributed by atoms with van der Waals surface area (Å²) in [6, 6.07) is 0.0427. The van der Waals surface area contributed by atoms with Crippen molar-refractivity contribution >= 4 is 17.7 Å². The van der Waals surface area contributed by atoms with Crippen LogP contribution in [0, 0.1) is 5.92 Å². The van der Waals surface area contributed by atoms with E-state index in [-0.39, 0.29) is 12.2 Å². The summed E-state index contributed by atoms with van der Waals surface area (Å²) in [5, 5.41) is 4.16. The molecule has 4 heteroatoms. The van der Waals surface area contributed by atoms with Crippen molar-refractivity contribution < 1.29 is 4.79 Å². The number of amides is 1. The normalized spacial score (nSPS) is 25.4. The molecular weight excluding hydrogens is 256 g/mol. The zero-order chi connectivity index (χ0) is 14.4. The molecule has 1 aliphatic rings. The average molecular weight is 286 g/mol. The highest BCUT2D eigenvalue weighted by molar-refractivity contribution is 7.99. The van der Waals surface area contributed by atoms with Gasteiger partial charge in [0, 0.05) is 11.8 Å². The maximum Gasteiger partial charge on any atom is 0.241 e. The van der Waals surface area contributed by atoms with Gasteiger partial charge in [0.25, 0.3) is 0 Å². The molecule has 1 amide bonds. The first kappa shape index (κ1) is 16.8. The summed E-state index contributed by atoms with van der Waals surface area (Å²) in [4.78, 5) is 14.6. The van der Waals surface area contributed by atoms with E-state index in [1.807, 2.05) is 11.8 Å². The Morgan fingerprint density at radius 2 is 2.05 bits per heavy atom. The van der Waals surface area contributed by atoms with Crippen molar-refractivity contribution in [2.45, 2.75) is 70.8 Å². The summed E-state index contributed by atoms with van der Waals surface area (Å²) in [7, 11) is 0. The van der Waals surface area contributed by atoms with E-state index in [2.05, 4.69) is 44.2 Å². The summed E-state index contributed by atoms with van der Waals surface area (Å²) in [5.41, 5.74) is 0. The lowest BCUT2D eigenvalue weighted by molar-refractivity contribution is -0.130. The lowest BCUT2D eigenvalue weighted by Gasteiger charge is -2.25. The first-order valence-corrected chi connectivity index (χ1v) is 8.87. The Hall–Kier alpha value is -0.220. The van der Waals surface area contributed by atoms with Crippen LogP contribution in [0.2, 0.25) is 0 Å². The number of nitrogens with zero attached hydrogens (tertiary/aromatic N) is 1. The van der Waals surface area contributed by atoms with Crippen LogP contribution in [0.5, 0.6) is 0 Å². The lowest BCUT2D eigenvalue weighted by Crippen LogP contribution is -2.38. The van der Waals surface area contributed by atoms with E-state index in [9.17, 15) is 4.79 Å². The Bertz CT molecular complexity index is 283. The molecule has 0 radical (unpaired) electrons. The number of nitrogens with one attached hydrogen (secondary N) is 1. The van der Waals surface area contributed by atoms with Gasteiger partial charge in [0.15, 0.2) is 0 Å². The lowest BCUT2D eigenvalue weighted by atomic mass is 10.0. The van der Waals surface area contributed by atoms with Crippen LogP contribution in [-0.4, -0.2) is 41.1 Å². The van der Waals surface area contributed by atoms with Crippen molar-refractivity contribution in [3.8, 4) is 0 Å². The van der Waals surface area contributed by atoms with Gasteiger partial charge >= 0.3 is 0 Å². The molecule has 3 unspecified atom stereocenters. The first-order valence-electron chi connectivity index (χ1n) is 7.58. The molecule has 0 aromatic rings. The Morgan fingerprint density at radius 1 is 1.37 bits per heavy atom. The predicted molar refractivity (Wildman–Crippen MR) is 84.4 cm³/mol. The fraction of sp³-hybridized carbons (Fsp3) is 0.933. The van der Waals surface area contributed by atoms with Gasteiger partial charge in [-0.15, -0.1) is 0 Å². The molecule has 0 spiro atoms. The molecule has 3 atom stereocenters. The zero-order valence-corrected chi connectivity index (χ0v) is 13.9. The fourth-order valence-electron chi connectivity index (χ4n) is 2.60. The molecule has 1 N–H and O–H groups in total. The number of carbonyl (C=O) groups is 1. The molecule has 0 bridgehead atoms. The molecule has 1 heterocycles. The van der Waals surface area contributed by atoms with Crippen molar-refractivity contribution in [1.29, 1.82) is 0 Å². The SMILES string of the molecule is CCCC1NC(CC(C)C)C(=O)N1CCC(C)SC. The van der Waals surface area contributed by atoms with Crippen LogP contribution < -0.4 is 5.32 Å². The van der Waals surface area contributed by atoms with Gasteiger partial charge in [0.2, 0.25) is 5.91 Å². The first-order chi connectivity index (χ1) is 8.99. The Morgan fingerprint density at radius 3 is 2.58 bits per heavy atom. The maximum absolute atomic E-state index is 12.5. The second-order valence-electron chi connectivity index (χ2n) is 6.02. The van der Waals surface area contributed by atoms with E-state index in [0.29, 0.717) is 17.1 Å². The zero-order valence-electron chi connectivity index (χ0n) is 13.1. The van der Waals surface area contributed by atoms with E-state index in [4.69, 9.17) is 0 Å². The Balaban J connectivity index is 2.60. The largest absolute Gasteiger partial charge is 0.326 e. The third-order valence-electron chi connectivity index (χ3n) is 3.80. The third kappa shape index (κ3) is 4.99. The van der Waals surface area contributed by atoms with Crippen LogP contribution in [0.15, 0.2) is 0 Å². The van der Waals surface area contributed by atoms with Gasteiger partial charge in [-0.1, -0.05) is 34.1 Å². The highest BCUT2D eigenvalue weighted by atomic mass is 32.2. The standard InChI is InChI=1S/C15H30N2OS/c1-6-7-14-16-13(10-11(2)3)15(18)17(14)9-8-12(4)19-5/h11-14,16H,6-10H2,1-5H3. The van der Waals surface area contributed by atoms with Crippen LogP contribution in [0.4, 0.5) is 0 Å². The third-order valence-corrected chi connectivity index (χ3v) is 4.84. The van der Waals surface area contributed by atoms with Crippen molar-refractivity contribution in [3.63, 3.8) is 0 Å².